The molecule has 0 atom stereocenters. The minimum Gasteiger partial charge on any atom is -0.275 e. The normalized spacial score (nSPS) is 14.7. The van der Waals surface area contributed by atoms with Gasteiger partial charge in [-0.05, 0) is 55.5 Å². The van der Waals surface area contributed by atoms with Gasteiger partial charge in [0, 0.05) is 23.5 Å². The maximum atomic E-state index is 4.65. The molecule has 2 aromatic heterocycles. The minimum absolute atomic E-state index is 0.659. The van der Waals surface area contributed by atoms with Crippen molar-refractivity contribution < 1.29 is 0 Å². The molecular weight excluding hydrogens is 368 g/mol. The summed E-state index contributed by atoms with van der Waals surface area (Å²) in [5.74, 6) is 2.38. The van der Waals surface area contributed by atoms with Gasteiger partial charge in [-0.3, -0.25) is 9.55 Å². The number of rotatable bonds is 4. The molecule has 2 aromatic carbocycles. The number of aryl methyl sites for hydroxylation is 1. The van der Waals surface area contributed by atoms with Crippen LogP contribution in [0.25, 0.3) is 28.5 Å². The highest BCUT2D eigenvalue weighted by Gasteiger charge is 2.20. The van der Waals surface area contributed by atoms with Crippen LogP contribution in [-0.2, 0) is 0 Å². The Morgan fingerprint density at radius 2 is 1.43 bits per heavy atom. The highest BCUT2D eigenvalue weighted by atomic mass is 15.3. The van der Waals surface area contributed by atoms with Crippen molar-refractivity contribution in [1.29, 1.82) is 0 Å². The van der Waals surface area contributed by atoms with E-state index in [1.807, 2.05) is 24.5 Å². The van der Waals surface area contributed by atoms with E-state index < -0.39 is 0 Å². The quantitative estimate of drug-likeness (QED) is 0.405. The van der Waals surface area contributed by atoms with E-state index >= 15 is 0 Å². The highest BCUT2D eigenvalue weighted by Crippen LogP contribution is 2.35. The van der Waals surface area contributed by atoms with Gasteiger partial charge in [-0.25, -0.2) is 0 Å². The lowest BCUT2D eigenvalue weighted by molar-refractivity contribution is 0.443. The Hall–Kier alpha value is -3.27. The number of benzene rings is 2. The third kappa shape index (κ3) is 3.65. The van der Waals surface area contributed by atoms with E-state index in [4.69, 9.17) is 0 Å². The van der Waals surface area contributed by atoms with Crippen LogP contribution in [0.4, 0.5) is 0 Å². The standard InChI is InChI=1S/C26H26N4/c1-19-7-5-11-22(17-19)25-28-29-26(30(25)24-13-15-27-16-14-24)23-12-6-10-21(18-23)20-8-3-2-4-9-20/h5-7,10-18,20H,2-4,8-9H2,1H3. The summed E-state index contributed by atoms with van der Waals surface area (Å²) in [4.78, 5) is 4.20. The number of aromatic nitrogens is 4. The Morgan fingerprint density at radius 3 is 2.13 bits per heavy atom. The third-order valence-corrected chi connectivity index (χ3v) is 6.08. The predicted molar refractivity (Wildman–Crippen MR) is 121 cm³/mol. The van der Waals surface area contributed by atoms with Gasteiger partial charge in [-0.1, -0.05) is 61.2 Å². The van der Waals surface area contributed by atoms with Crippen molar-refractivity contribution in [3.63, 3.8) is 0 Å². The zero-order chi connectivity index (χ0) is 20.3. The molecular formula is C26H26N4. The van der Waals surface area contributed by atoms with Crippen LogP contribution < -0.4 is 0 Å². The Kier molecular flexibility index (Phi) is 5.14. The van der Waals surface area contributed by atoms with E-state index in [1.165, 1.54) is 43.2 Å². The van der Waals surface area contributed by atoms with Crippen molar-refractivity contribution in [3.05, 3.63) is 84.2 Å². The van der Waals surface area contributed by atoms with Gasteiger partial charge in [0.1, 0.15) is 0 Å². The molecule has 0 amide bonds. The van der Waals surface area contributed by atoms with Crippen molar-refractivity contribution in [2.75, 3.05) is 0 Å². The van der Waals surface area contributed by atoms with Crippen molar-refractivity contribution >= 4 is 0 Å². The van der Waals surface area contributed by atoms with Gasteiger partial charge in [0.05, 0.1) is 5.69 Å². The molecule has 0 saturated heterocycles. The molecule has 30 heavy (non-hydrogen) atoms. The van der Waals surface area contributed by atoms with Crippen LogP contribution in [0.5, 0.6) is 0 Å². The van der Waals surface area contributed by atoms with E-state index in [-0.39, 0.29) is 0 Å². The number of pyridine rings is 1. The minimum atomic E-state index is 0.659. The maximum Gasteiger partial charge on any atom is 0.168 e. The zero-order valence-corrected chi connectivity index (χ0v) is 17.3. The van der Waals surface area contributed by atoms with E-state index in [9.17, 15) is 0 Å². The molecule has 0 spiro atoms. The second-order valence-electron chi connectivity index (χ2n) is 8.22. The lowest BCUT2D eigenvalue weighted by Crippen LogP contribution is -2.05. The van der Waals surface area contributed by atoms with Crippen LogP contribution in [0.3, 0.4) is 0 Å². The van der Waals surface area contributed by atoms with Crippen LogP contribution in [-0.4, -0.2) is 19.7 Å². The van der Waals surface area contributed by atoms with Crippen LogP contribution in [0.2, 0.25) is 0 Å². The summed E-state index contributed by atoms with van der Waals surface area (Å²) in [7, 11) is 0. The summed E-state index contributed by atoms with van der Waals surface area (Å²) in [5.41, 5.74) is 5.83. The second kappa shape index (κ2) is 8.23. The fourth-order valence-electron chi connectivity index (χ4n) is 4.55. The zero-order valence-electron chi connectivity index (χ0n) is 17.3. The number of hydrogen-bond acceptors (Lipinski definition) is 3. The van der Waals surface area contributed by atoms with Gasteiger partial charge in [0.2, 0.25) is 0 Å². The first-order valence-corrected chi connectivity index (χ1v) is 10.8. The molecule has 5 rings (SSSR count). The molecule has 1 saturated carbocycles. The SMILES string of the molecule is Cc1cccc(-c2nnc(-c3cccc(C4CCCCC4)c3)n2-c2ccncc2)c1. The molecule has 150 valence electrons. The number of hydrogen-bond donors (Lipinski definition) is 0. The highest BCUT2D eigenvalue weighted by molar-refractivity contribution is 5.67. The molecule has 0 unspecified atom stereocenters. The molecule has 0 N–H and O–H groups in total. The smallest absolute Gasteiger partial charge is 0.168 e. The second-order valence-corrected chi connectivity index (χ2v) is 8.22. The van der Waals surface area contributed by atoms with E-state index in [0.29, 0.717) is 5.92 Å². The van der Waals surface area contributed by atoms with Crippen molar-refractivity contribution in [2.24, 2.45) is 0 Å². The van der Waals surface area contributed by atoms with Gasteiger partial charge in [-0.2, -0.15) is 0 Å². The number of nitrogens with zero attached hydrogens (tertiary/aromatic N) is 4. The summed E-state index contributed by atoms with van der Waals surface area (Å²) < 4.78 is 2.15. The third-order valence-electron chi connectivity index (χ3n) is 6.08. The summed E-state index contributed by atoms with van der Waals surface area (Å²) >= 11 is 0. The molecule has 1 aliphatic carbocycles. The van der Waals surface area contributed by atoms with Gasteiger partial charge < -0.3 is 0 Å². The fourth-order valence-corrected chi connectivity index (χ4v) is 4.55. The van der Waals surface area contributed by atoms with Gasteiger partial charge in [0.25, 0.3) is 0 Å². The van der Waals surface area contributed by atoms with E-state index in [2.05, 4.69) is 75.2 Å². The summed E-state index contributed by atoms with van der Waals surface area (Å²) in [5, 5.41) is 9.26. The largest absolute Gasteiger partial charge is 0.275 e. The maximum absolute atomic E-state index is 4.65. The van der Waals surface area contributed by atoms with Gasteiger partial charge >= 0.3 is 0 Å². The van der Waals surface area contributed by atoms with Crippen LogP contribution in [0.15, 0.2) is 73.1 Å². The molecule has 0 radical (unpaired) electrons. The summed E-state index contributed by atoms with van der Waals surface area (Å²) in [6.45, 7) is 2.10. The topological polar surface area (TPSA) is 43.6 Å². The fraction of sp³-hybridized carbons (Fsp3) is 0.269. The molecule has 0 aliphatic heterocycles. The molecule has 1 aliphatic rings. The Morgan fingerprint density at radius 1 is 0.767 bits per heavy atom. The van der Waals surface area contributed by atoms with Crippen LogP contribution in [0, 0.1) is 6.92 Å². The Labute approximate surface area is 177 Å². The van der Waals surface area contributed by atoms with Crippen LogP contribution >= 0.6 is 0 Å². The molecule has 4 aromatic rings. The Balaban J connectivity index is 1.64. The van der Waals surface area contributed by atoms with Crippen molar-refractivity contribution in [1.82, 2.24) is 19.7 Å². The lowest BCUT2D eigenvalue weighted by Gasteiger charge is -2.22. The van der Waals surface area contributed by atoms with E-state index in [0.717, 1.165) is 28.5 Å². The van der Waals surface area contributed by atoms with Crippen LogP contribution in [0.1, 0.15) is 49.1 Å². The summed E-state index contributed by atoms with van der Waals surface area (Å²) in [6, 6.07) is 21.3. The molecule has 1 fully saturated rings. The average molecular weight is 395 g/mol. The van der Waals surface area contributed by atoms with Crippen molar-refractivity contribution in [2.45, 2.75) is 44.9 Å². The molecule has 4 nitrogen and oxygen atoms in total. The Bertz CT molecular complexity index is 1140. The van der Waals surface area contributed by atoms with E-state index in [1.54, 1.807) is 0 Å². The molecule has 4 heteroatoms. The first-order chi connectivity index (χ1) is 14.8. The lowest BCUT2D eigenvalue weighted by atomic mass is 9.83. The first kappa shape index (κ1) is 18.7. The van der Waals surface area contributed by atoms with Gasteiger partial charge in [0.15, 0.2) is 11.6 Å². The predicted octanol–water partition coefficient (Wildman–Crippen LogP) is 6.35. The first-order valence-electron chi connectivity index (χ1n) is 10.8. The monoisotopic (exact) mass is 394 g/mol. The average Bonchev–Trinajstić information content (AvgIpc) is 3.26. The van der Waals surface area contributed by atoms with Gasteiger partial charge in [-0.15, -0.1) is 10.2 Å². The van der Waals surface area contributed by atoms with Crippen molar-refractivity contribution in [3.8, 4) is 28.5 Å². The summed E-state index contributed by atoms with van der Waals surface area (Å²) in [6.07, 6.45) is 10.2. The molecule has 2 heterocycles. The molecule has 0 bridgehead atoms.